The van der Waals surface area contributed by atoms with Gasteiger partial charge in [-0.25, -0.2) is 4.39 Å². The summed E-state index contributed by atoms with van der Waals surface area (Å²) in [6.07, 6.45) is 1.04. The van der Waals surface area contributed by atoms with Gasteiger partial charge in [-0.2, -0.15) is 0 Å². The molecule has 0 aromatic heterocycles. The first kappa shape index (κ1) is 9.90. The fraction of sp³-hybridized carbons (Fsp3) is 0.778. The van der Waals surface area contributed by atoms with Crippen molar-refractivity contribution < 1.29 is 8.60 Å². The van der Waals surface area contributed by atoms with Crippen LogP contribution in [0.4, 0.5) is 4.39 Å². The Morgan fingerprint density at radius 1 is 1.75 bits per heavy atom. The maximum absolute atomic E-state index is 13.3. The van der Waals surface area contributed by atoms with Crippen molar-refractivity contribution in [1.82, 2.24) is 0 Å². The van der Waals surface area contributed by atoms with Crippen molar-refractivity contribution in [2.75, 3.05) is 5.75 Å². The van der Waals surface area contributed by atoms with Crippen molar-refractivity contribution in [3.05, 3.63) is 12.2 Å². The summed E-state index contributed by atoms with van der Waals surface area (Å²) in [7, 11) is -0.975. The van der Waals surface area contributed by atoms with Gasteiger partial charge in [0.15, 0.2) is 0 Å². The van der Waals surface area contributed by atoms with Crippen molar-refractivity contribution >= 4 is 10.8 Å². The minimum absolute atomic E-state index is 0.236. The van der Waals surface area contributed by atoms with Gasteiger partial charge in [-0.3, -0.25) is 4.21 Å². The van der Waals surface area contributed by atoms with Gasteiger partial charge in [0.05, 0.1) is 5.25 Å². The molecule has 0 aromatic carbocycles. The molecule has 0 radical (unpaired) electrons. The van der Waals surface area contributed by atoms with Crippen LogP contribution in [0.1, 0.15) is 26.2 Å². The van der Waals surface area contributed by atoms with E-state index in [0.29, 0.717) is 18.6 Å². The predicted octanol–water partition coefficient (Wildman–Crippen LogP) is 2.20. The van der Waals surface area contributed by atoms with Crippen LogP contribution >= 0.6 is 0 Å². The van der Waals surface area contributed by atoms with Crippen molar-refractivity contribution in [2.24, 2.45) is 0 Å². The van der Waals surface area contributed by atoms with Gasteiger partial charge in [-0.1, -0.05) is 19.1 Å². The molecule has 0 heterocycles. The summed E-state index contributed by atoms with van der Waals surface area (Å²) in [6, 6.07) is 0. The lowest BCUT2D eigenvalue weighted by atomic mass is 9.94. The molecule has 1 aliphatic rings. The van der Waals surface area contributed by atoms with Gasteiger partial charge in [0, 0.05) is 23.0 Å². The van der Waals surface area contributed by atoms with E-state index in [9.17, 15) is 8.60 Å². The van der Waals surface area contributed by atoms with Gasteiger partial charge in [-0.05, 0) is 12.8 Å². The predicted molar refractivity (Wildman–Crippen MR) is 50.4 cm³/mol. The number of rotatable bonds is 2. The third-order valence-electron chi connectivity index (χ3n) is 2.29. The molecule has 12 heavy (non-hydrogen) atoms. The Kier molecular flexibility index (Phi) is 3.44. The number of alkyl halides is 1. The van der Waals surface area contributed by atoms with Crippen molar-refractivity contribution in [2.45, 2.75) is 37.6 Å². The second-order valence-electron chi connectivity index (χ2n) is 3.22. The molecule has 0 amide bonds. The van der Waals surface area contributed by atoms with Crippen LogP contribution in [0.5, 0.6) is 0 Å². The summed E-state index contributed by atoms with van der Waals surface area (Å²) < 4.78 is 24.6. The van der Waals surface area contributed by atoms with Gasteiger partial charge >= 0.3 is 0 Å². The fourth-order valence-electron chi connectivity index (χ4n) is 1.55. The maximum Gasteiger partial charge on any atom is 0.118 e. The van der Waals surface area contributed by atoms with Crippen LogP contribution in [0.3, 0.4) is 0 Å². The fourth-order valence-corrected chi connectivity index (χ4v) is 2.78. The molecule has 0 aliphatic heterocycles. The summed E-state index contributed by atoms with van der Waals surface area (Å²) in [5.41, 5.74) is 0.965. The molecule has 0 N–H and O–H groups in total. The molecule has 70 valence electrons. The highest BCUT2D eigenvalue weighted by molar-refractivity contribution is 7.85. The largest absolute Gasteiger partial charge is 0.259 e. The van der Waals surface area contributed by atoms with E-state index in [0.717, 1.165) is 12.0 Å². The average molecular weight is 190 g/mol. The topological polar surface area (TPSA) is 17.1 Å². The van der Waals surface area contributed by atoms with Gasteiger partial charge in [0.25, 0.3) is 0 Å². The third kappa shape index (κ3) is 2.16. The Hall–Kier alpha value is -0.180. The molecule has 1 aliphatic carbocycles. The second kappa shape index (κ2) is 4.17. The number of hydrogen-bond donors (Lipinski definition) is 0. The highest BCUT2D eigenvalue weighted by Crippen LogP contribution is 2.28. The van der Waals surface area contributed by atoms with Crippen molar-refractivity contribution in [3.8, 4) is 0 Å². The summed E-state index contributed by atoms with van der Waals surface area (Å²) >= 11 is 0. The first-order chi connectivity index (χ1) is 5.65. The maximum atomic E-state index is 13.3. The van der Waals surface area contributed by atoms with E-state index >= 15 is 0 Å². The molecule has 0 spiro atoms. The van der Waals surface area contributed by atoms with Crippen LogP contribution in [-0.2, 0) is 10.8 Å². The van der Waals surface area contributed by atoms with Crippen LogP contribution in [-0.4, -0.2) is 21.4 Å². The van der Waals surface area contributed by atoms with Crippen LogP contribution in [0, 0.1) is 0 Å². The minimum atomic E-state index is -0.975. The van der Waals surface area contributed by atoms with Crippen molar-refractivity contribution in [3.63, 3.8) is 0 Å². The SMILES string of the molecule is C=C1CCC(S(=O)CC)C(F)C1. The zero-order chi connectivity index (χ0) is 9.14. The summed E-state index contributed by atoms with van der Waals surface area (Å²) in [5.74, 6) is 0.567. The summed E-state index contributed by atoms with van der Waals surface area (Å²) in [4.78, 5) is 0. The lowest BCUT2D eigenvalue weighted by Crippen LogP contribution is -2.32. The molecule has 0 bridgehead atoms. The Balaban J connectivity index is 2.56. The normalized spacial score (nSPS) is 33.3. The molecule has 3 unspecified atom stereocenters. The molecule has 1 fully saturated rings. The van der Waals surface area contributed by atoms with Crippen LogP contribution < -0.4 is 0 Å². The summed E-state index contributed by atoms with van der Waals surface area (Å²) in [5, 5.41) is -0.236. The van der Waals surface area contributed by atoms with E-state index < -0.39 is 17.0 Å². The standard InChI is InChI=1S/C9H15FOS/c1-3-12(11)9-5-4-7(2)6-8(9)10/h8-9H,2-6H2,1H3. The van der Waals surface area contributed by atoms with E-state index in [2.05, 4.69) is 6.58 Å². The number of allylic oxidation sites excluding steroid dienone is 1. The lowest BCUT2D eigenvalue weighted by Gasteiger charge is -2.26. The van der Waals surface area contributed by atoms with E-state index in [1.54, 1.807) is 0 Å². The summed E-state index contributed by atoms with van der Waals surface area (Å²) in [6.45, 7) is 5.58. The van der Waals surface area contributed by atoms with E-state index in [-0.39, 0.29) is 5.25 Å². The highest BCUT2D eigenvalue weighted by Gasteiger charge is 2.30. The lowest BCUT2D eigenvalue weighted by molar-refractivity contribution is 0.290. The zero-order valence-corrected chi connectivity index (χ0v) is 8.20. The van der Waals surface area contributed by atoms with Crippen LogP contribution in [0.25, 0.3) is 0 Å². The molecule has 0 aromatic rings. The first-order valence-corrected chi connectivity index (χ1v) is 5.71. The zero-order valence-electron chi connectivity index (χ0n) is 7.38. The minimum Gasteiger partial charge on any atom is -0.259 e. The quantitative estimate of drug-likeness (QED) is 0.610. The van der Waals surface area contributed by atoms with Gasteiger partial charge in [-0.15, -0.1) is 0 Å². The number of halogens is 1. The Morgan fingerprint density at radius 3 is 2.92 bits per heavy atom. The van der Waals surface area contributed by atoms with E-state index in [1.165, 1.54) is 0 Å². The van der Waals surface area contributed by atoms with Gasteiger partial charge < -0.3 is 0 Å². The van der Waals surface area contributed by atoms with Gasteiger partial charge in [0.1, 0.15) is 6.17 Å². The molecule has 1 rings (SSSR count). The Morgan fingerprint density at radius 2 is 2.42 bits per heavy atom. The Labute approximate surface area is 75.5 Å². The molecule has 1 nitrogen and oxygen atoms in total. The smallest absolute Gasteiger partial charge is 0.118 e. The average Bonchev–Trinajstić information content (AvgIpc) is 2.03. The molecule has 3 atom stereocenters. The third-order valence-corrected chi connectivity index (χ3v) is 4.07. The van der Waals surface area contributed by atoms with Crippen LogP contribution in [0.2, 0.25) is 0 Å². The first-order valence-electron chi connectivity index (χ1n) is 4.33. The van der Waals surface area contributed by atoms with Gasteiger partial charge in [0.2, 0.25) is 0 Å². The van der Waals surface area contributed by atoms with E-state index in [4.69, 9.17) is 0 Å². The van der Waals surface area contributed by atoms with Crippen molar-refractivity contribution in [1.29, 1.82) is 0 Å². The number of hydrogen-bond acceptors (Lipinski definition) is 1. The molecular formula is C9H15FOS. The molecule has 1 saturated carbocycles. The molecule has 0 saturated heterocycles. The highest BCUT2D eigenvalue weighted by atomic mass is 32.2. The van der Waals surface area contributed by atoms with Crippen LogP contribution in [0.15, 0.2) is 12.2 Å². The second-order valence-corrected chi connectivity index (χ2v) is 5.16. The molecular weight excluding hydrogens is 175 g/mol. The molecule has 3 heteroatoms. The monoisotopic (exact) mass is 190 g/mol. The van der Waals surface area contributed by atoms with E-state index in [1.807, 2.05) is 6.92 Å². The Bertz CT molecular complexity index is 203.